The lowest BCUT2D eigenvalue weighted by Crippen LogP contribution is -2.44. The molecule has 5 heteroatoms. The maximum absolute atomic E-state index is 10.3. The standard InChI is InChI=1S/C11H21NO4/c13-9(6-10(14)15)7-12-8-11(16)4-2-1-3-5-11/h9,12-13,16H,1-8H2,(H,14,15). The highest BCUT2D eigenvalue weighted by molar-refractivity contribution is 5.67. The molecule has 16 heavy (non-hydrogen) atoms. The molecule has 0 bridgehead atoms. The van der Waals surface area contributed by atoms with E-state index >= 15 is 0 Å². The first-order chi connectivity index (χ1) is 7.52. The van der Waals surface area contributed by atoms with Gasteiger partial charge in [0, 0.05) is 13.1 Å². The minimum Gasteiger partial charge on any atom is -0.481 e. The van der Waals surface area contributed by atoms with Gasteiger partial charge in [0.05, 0.1) is 18.1 Å². The summed E-state index contributed by atoms with van der Waals surface area (Å²) in [6, 6.07) is 0. The summed E-state index contributed by atoms with van der Waals surface area (Å²) < 4.78 is 0. The molecule has 0 spiro atoms. The molecule has 0 aromatic carbocycles. The summed E-state index contributed by atoms with van der Waals surface area (Å²) in [6.07, 6.45) is 3.68. The molecular weight excluding hydrogens is 210 g/mol. The normalized spacial score (nSPS) is 21.6. The number of nitrogens with one attached hydrogen (secondary N) is 1. The molecule has 0 aliphatic heterocycles. The number of rotatable bonds is 6. The number of hydrogen-bond acceptors (Lipinski definition) is 4. The molecule has 4 N–H and O–H groups in total. The molecule has 5 nitrogen and oxygen atoms in total. The topological polar surface area (TPSA) is 89.8 Å². The van der Waals surface area contributed by atoms with E-state index in [-0.39, 0.29) is 13.0 Å². The number of aliphatic carboxylic acids is 1. The van der Waals surface area contributed by atoms with Crippen LogP contribution in [0.5, 0.6) is 0 Å². The molecule has 0 aromatic rings. The molecule has 0 saturated heterocycles. The molecule has 0 heterocycles. The van der Waals surface area contributed by atoms with Gasteiger partial charge < -0.3 is 20.6 Å². The predicted octanol–water partition coefficient (Wildman–Crippen LogP) is 0.107. The van der Waals surface area contributed by atoms with E-state index in [1.54, 1.807) is 0 Å². The fourth-order valence-electron chi connectivity index (χ4n) is 2.13. The van der Waals surface area contributed by atoms with Crippen LogP contribution in [0, 0.1) is 0 Å². The Kier molecular flexibility index (Phi) is 5.18. The van der Waals surface area contributed by atoms with Crippen molar-refractivity contribution < 1.29 is 20.1 Å². The second kappa shape index (κ2) is 6.18. The van der Waals surface area contributed by atoms with Gasteiger partial charge in [0.15, 0.2) is 0 Å². The summed E-state index contributed by atoms with van der Waals surface area (Å²) in [5, 5.41) is 30.8. The van der Waals surface area contributed by atoms with Crippen LogP contribution in [0.2, 0.25) is 0 Å². The Balaban J connectivity index is 2.16. The van der Waals surface area contributed by atoms with Crippen molar-refractivity contribution in [1.29, 1.82) is 0 Å². The Morgan fingerprint density at radius 1 is 1.31 bits per heavy atom. The van der Waals surface area contributed by atoms with Gasteiger partial charge in [-0.2, -0.15) is 0 Å². The van der Waals surface area contributed by atoms with Crippen molar-refractivity contribution in [1.82, 2.24) is 5.32 Å². The van der Waals surface area contributed by atoms with E-state index in [0.717, 1.165) is 25.7 Å². The van der Waals surface area contributed by atoms with E-state index in [9.17, 15) is 15.0 Å². The maximum Gasteiger partial charge on any atom is 0.306 e. The average Bonchev–Trinajstić information content (AvgIpc) is 2.17. The Hall–Kier alpha value is -0.650. The molecule has 94 valence electrons. The van der Waals surface area contributed by atoms with Gasteiger partial charge in [-0.15, -0.1) is 0 Å². The van der Waals surface area contributed by atoms with Crippen molar-refractivity contribution in [2.24, 2.45) is 0 Å². The molecular formula is C11H21NO4. The SMILES string of the molecule is O=C(O)CC(O)CNCC1(O)CCCCC1. The maximum atomic E-state index is 10.3. The zero-order valence-electron chi connectivity index (χ0n) is 9.48. The van der Waals surface area contributed by atoms with E-state index in [4.69, 9.17) is 5.11 Å². The van der Waals surface area contributed by atoms with Crippen LogP contribution in [-0.4, -0.2) is 46.1 Å². The molecule has 1 rings (SSSR count). The zero-order chi connectivity index (χ0) is 12.0. The summed E-state index contributed by atoms with van der Waals surface area (Å²) in [4.78, 5) is 10.3. The third kappa shape index (κ3) is 4.92. The minimum atomic E-state index is -1.01. The van der Waals surface area contributed by atoms with Crippen LogP contribution >= 0.6 is 0 Å². The lowest BCUT2D eigenvalue weighted by atomic mass is 9.85. The van der Waals surface area contributed by atoms with Gasteiger partial charge in [-0.05, 0) is 12.8 Å². The van der Waals surface area contributed by atoms with E-state index < -0.39 is 17.7 Å². The molecule has 0 radical (unpaired) electrons. The van der Waals surface area contributed by atoms with Gasteiger partial charge in [0.2, 0.25) is 0 Å². The Bertz CT molecular complexity index is 226. The van der Waals surface area contributed by atoms with Gasteiger partial charge >= 0.3 is 5.97 Å². The zero-order valence-corrected chi connectivity index (χ0v) is 9.48. The van der Waals surface area contributed by atoms with Crippen LogP contribution in [0.3, 0.4) is 0 Å². The highest BCUT2D eigenvalue weighted by Gasteiger charge is 2.28. The van der Waals surface area contributed by atoms with Gasteiger partial charge in [0.25, 0.3) is 0 Å². The van der Waals surface area contributed by atoms with Crippen LogP contribution in [0.15, 0.2) is 0 Å². The first kappa shape index (κ1) is 13.4. The lowest BCUT2D eigenvalue weighted by molar-refractivity contribution is -0.139. The lowest BCUT2D eigenvalue weighted by Gasteiger charge is -2.32. The van der Waals surface area contributed by atoms with Crippen LogP contribution in [0.25, 0.3) is 0 Å². The molecule has 1 aliphatic rings. The van der Waals surface area contributed by atoms with Gasteiger partial charge in [-0.25, -0.2) is 0 Å². The van der Waals surface area contributed by atoms with Crippen molar-refractivity contribution in [2.45, 2.75) is 50.2 Å². The average molecular weight is 231 g/mol. The smallest absolute Gasteiger partial charge is 0.306 e. The summed E-state index contributed by atoms with van der Waals surface area (Å²) >= 11 is 0. The Morgan fingerprint density at radius 3 is 2.50 bits per heavy atom. The van der Waals surface area contributed by atoms with E-state index in [0.29, 0.717) is 6.54 Å². The summed E-state index contributed by atoms with van der Waals surface area (Å²) in [7, 11) is 0. The van der Waals surface area contributed by atoms with Crippen molar-refractivity contribution in [3.05, 3.63) is 0 Å². The number of aliphatic hydroxyl groups is 2. The van der Waals surface area contributed by atoms with E-state index in [1.165, 1.54) is 6.42 Å². The number of carboxylic acid groups (broad SMARTS) is 1. The molecule has 1 fully saturated rings. The van der Waals surface area contributed by atoms with Crippen LogP contribution in [-0.2, 0) is 4.79 Å². The van der Waals surface area contributed by atoms with Gasteiger partial charge in [0.1, 0.15) is 0 Å². The van der Waals surface area contributed by atoms with E-state index in [2.05, 4.69) is 5.32 Å². The first-order valence-electron chi connectivity index (χ1n) is 5.85. The second-order valence-corrected chi connectivity index (χ2v) is 4.67. The van der Waals surface area contributed by atoms with Crippen molar-refractivity contribution in [3.8, 4) is 0 Å². The monoisotopic (exact) mass is 231 g/mol. The number of carboxylic acids is 1. The fourth-order valence-corrected chi connectivity index (χ4v) is 2.13. The Morgan fingerprint density at radius 2 is 1.94 bits per heavy atom. The summed E-state index contributed by atoms with van der Waals surface area (Å²) in [5.74, 6) is -1.01. The van der Waals surface area contributed by atoms with Crippen LogP contribution in [0.1, 0.15) is 38.5 Å². The predicted molar refractivity (Wildman–Crippen MR) is 59.2 cm³/mol. The first-order valence-corrected chi connectivity index (χ1v) is 5.85. The third-order valence-electron chi connectivity index (χ3n) is 3.03. The number of carbonyl (C=O) groups is 1. The molecule has 1 atom stereocenters. The summed E-state index contributed by atoms with van der Waals surface area (Å²) in [5.41, 5.74) is -0.665. The molecule has 1 unspecified atom stereocenters. The molecule has 1 aliphatic carbocycles. The second-order valence-electron chi connectivity index (χ2n) is 4.67. The van der Waals surface area contributed by atoms with Gasteiger partial charge in [-0.1, -0.05) is 19.3 Å². The molecule has 1 saturated carbocycles. The third-order valence-corrected chi connectivity index (χ3v) is 3.03. The largest absolute Gasteiger partial charge is 0.481 e. The Labute approximate surface area is 95.5 Å². The number of aliphatic hydroxyl groups excluding tert-OH is 1. The molecule has 0 amide bonds. The fraction of sp³-hybridized carbons (Fsp3) is 0.909. The van der Waals surface area contributed by atoms with Crippen molar-refractivity contribution >= 4 is 5.97 Å². The van der Waals surface area contributed by atoms with E-state index in [1.807, 2.05) is 0 Å². The van der Waals surface area contributed by atoms with Crippen molar-refractivity contribution in [2.75, 3.05) is 13.1 Å². The highest BCUT2D eigenvalue weighted by atomic mass is 16.4. The van der Waals surface area contributed by atoms with Crippen molar-refractivity contribution in [3.63, 3.8) is 0 Å². The summed E-state index contributed by atoms with van der Waals surface area (Å²) in [6.45, 7) is 0.651. The number of hydrogen-bond donors (Lipinski definition) is 4. The van der Waals surface area contributed by atoms with Gasteiger partial charge in [-0.3, -0.25) is 4.79 Å². The minimum absolute atomic E-state index is 0.217. The molecule has 0 aromatic heterocycles. The van der Waals surface area contributed by atoms with Crippen LogP contribution in [0.4, 0.5) is 0 Å². The highest BCUT2D eigenvalue weighted by Crippen LogP contribution is 2.27. The van der Waals surface area contributed by atoms with Crippen LogP contribution < -0.4 is 5.32 Å². The quantitative estimate of drug-likeness (QED) is 0.521.